The van der Waals surface area contributed by atoms with Crippen LogP contribution in [-0.4, -0.2) is 33.7 Å². The van der Waals surface area contributed by atoms with Crippen molar-refractivity contribution in [1.29, 1.82) is 0 Å². The third-order valence-corrected chi connectivity index (χ3v) is 5.79. The van der Waals surface area contributed by atoms with E-state index in [1.165, 1.54) is 6.92 Å². The number of hydrogen-bond donors (Lipinski definition) is 0. The Morgan fingerprint density at radius 2 is 1.73 bits per heavy atom. The van der Waals surface area contributed by atoms with Gasteiger partial charge in [-0.3, -0.25) is 14.5 Å². The van der Waals surface area contributed by atoms with Gasteiger partial charge < -0.3 is 4.74 Å². The van der Waals surface area contributed by atoms with Gasteiger partial charge >= 0.3 is 5.97 Å². The first kappa shape index (κ1) is 20.0. The van der Waals surface area contributed by atoms with Crippen LogP contribution in [-0.2, 0) is 16.1 Å². The molecule has 0 aliphatic carbocycles. The van der Waals surface area contributed by atoms with Crippen molar-refractivity contribution in [2.75, 3.05) is 0 Å². The summed E-state index contributed by atoms with van der Waals surface area (Å²) >= 11 is 6.30. The lowest BCUT2D eigenvalue weighted by Gasteiger charge is -2.21. The molecule has 2 aromatic carbocycles. The number of fused-ring (bicyclic) bond motifs is 2. The van der Waals surface area contributed by atoms with Gasteiger partial charge in [-0.05, 0) is 50.1 Å². The monoisotopic (exact) mass is 422 g/mol. The lowest BCUT2D eigenvalue weighted by atomic mass is 10.0. The Kier molecular flexibility index (Phi) is 5.03. The number of esters is 1. The summed E-state index contributed by atoms with van der Waals surface area (Å²) in [5.74, 6) is -1.70. The third kappa shape index (κ3) is 3.23. The molecule has 1 aliphatic heterocycles. The van der Waals surface area contributed by atoms with Crippen molar-refractivity contribution < 1.29 is 19.1 Å². The lowest BCUT2D eigenvalue weighted by molar-refractivity contribution is -0.149. The molecule has 1 aromatic heterocycles. The summed E-state index contributed by atoms with van der Waals surface area (Å²) in [4.78, 5) is 43.1. The Balaban J connectivity index is 1.51. The molecule has 4 rings (SSSR count). The zero-order chi connectivity index (χ0) is 21.6. The highest BCUT2D eigenvalue weighted by molar-refractivity contribution is 6.30. The van der Waals surface area contributed by atoms with Gasteiger partial charge in [-0.15, -0.1) is 0 Å². The quantitative estimate of drug-likeness (QED) is 0.357. The molecule has 2 amide bonds. The highest BCUT2D eigenvalue weighted by atomic mass is 35.5. The number of rotatable bonds is 4. The van der Waals surface area contributed by atoms with Gasteiger partial charge in [0.05, 0.1) is 16.6 Å². The van der Waals surface area contributed by atoms with Crippen LogP contribution in [0, 0.1) is 13.8 Å². The predicted molar refractivity (Wildman–Crippen MR) is 112 cm³/mol. The zero-order valence-corrected chi connectivity index (χ0v) is 17.5. The third-order valence-electron chi connectivity index (χ3n) is 5.46. The Bertz CT molecular complexity index is 1190. The number of aryl methyl sites for hydroxylation is 2. The molecule has 0 saturated heterocycles. The van der Waals surface area contributed by atoms with Crippen LogP contribution in [0.15, 0.2) is 42.5 Å². The molecule has 0 N–H and O–H groups in total. The van der Waals surface area contributed by atoms with Crippen LogP contribution in [0.1, 0.15) is 44.3 Å². The number of hydrogen-bond acceptors (Lipinski definition) is 5. The van der Waals surface area contributed by atoms with Gasteiger partial charge in [0.2, 0.25) is 0 Å². The van der Waals surface area contributed by atoms with Gasteiger partial charge in [0.25, 0.3) is 11.8 Å². The number of aromatic nitrogens is 1. The molecule has 1 aliphatic rings. The number of amides is 2. The van der Waals surface area contributed by atoms with Crippen LogP contribution >= 0.6 is 11.6 Å². The second-order valence-corrected chi connectivity index (χ2v) is 7.69. The molecule has 0 fully saturated rings. The van der Waals surface area contributed by atoms with Crippen LogP contribution in [0.2, 0.25) is 5.15 Å². The summed E-state index contributed by atoms with van der Waals surface area (Å²) in [6, 6.07) is 11.2. The van der Waals surface area contributed by atoms with E-state index in [9.17, 15) is 14.4 Å². The molecule has 7 heteroatoms. The summed E-state index contributed by atoms with van der Waals surface area (Å²) in [7, 11) is 0. The van der Waals surface area contributed by atoms with Crippen LogP contribution in [0.4, 0.5) is 0 Å². The SMILES string of the molecule is Cc1ccc2cc(COC(=O)C(C)N3C(=O)c4ccccc4C3=O)c(Cl)nc2c1C. The maximum absolute atomic E-state index is 12.6. The Morgan fingerprint density at radius 3 is 2.37 bits per heavy atom. The van der Waals surface area contributed by atoms with E-state index in [2.05, 4.69) is 4.98 Å². The molecule has 152 valence electrons. The van der Waals surface area contributed by atoms with E-state index in [0.29, 0.717) is 5.56 Å². The number of nitrogens with zero attached hydrogens (tertiary/aromatic N) is 2. The molecule has 0 radical (unpaired) electrons. The highest BCUT2D eigenvalue weighted by Crippen LogP contribution is 2.27. The number of imide groups is 1. The first-order valence-corrected chi connectivity index (χ1v) is 9.86. The summed E-state index contributed by atoms with van der Waals surface area (Å²) < 4.78 is 5.37. The van der Waals surface area contributed by atoms with Crippen molar-refractivity contribution >= 4 is 40.3 Å². The number of pyridine rings is 1. The van der Waals surface area contributed by atoms with E-state index in [1.54, 1.807) is 24.3 Å². The first-order valence-electron chi connectivity index (χ1n) is 9.48. The molecule has 0 bridgehead atoms. The molecular weight excluding hydrogens is 404 g/mol. The van der Waals surface area contributed by atoms with Crippen molar-refractivity contribution in [3.05, 3.63) is 75.4 Å². The highest BCUT2D eigenvalue weighted by Gasteiger charge is 2.41. The molecule has 30 heavy (non-hydrogen) atoms. The molecular formula is C23H19ClN2O4. The topological polar surface area (TPSA) is 76.6 Å². The zero-order valence-electron chi connectivity index (χ0n) is 16.7. The van der Waals surface area contributed by atoms with Gasteiger partial charge in [-0.25, -0.2) is 9.78 Å². The van der Waals surface area contributed by atoms with Gasteiger partial charge in [0.1, 0.15) is 17.8 Å². The van der Waals surface area contributed by atoms with Gasteiger partial charge in [-0.1, -0.05) is 35.9 Å². The summed E-state index contributed by atoms with van der Waals surface area (Å²) in [5.41, 5.74) is 4.08. The maximum atomic E-state index is 12.6. The van der Waals surface area contributed by atoms with Crippen LogP contribution in [0.3, 0.4) is 0 Å². The van der Waals surface area contributed by atoms with E-state index < -0.39 is 23.8 Å². The van der Waals surface area contributed by atoms with E-state index in [4.69, 9.17) is 16.3 Å². The molecule has 0 saturated carbocycles. The standard InChI is InChI=1S/C23H19ClN2O4/c1-12-8-9-15-10-16(20(24)25-19(15)13(12)2)11-30-23(29)14(3)26-21(27)17-6-4-5-7-18(17)22(26)28/h4-10,14H,11H2,1-3H3. The van der Waals surface area contributed by atoms with E-state index in [-0.39, 0.29) is 22.9 Å². The number of ether oxygens (including phenoxy) is 1. The lowest BCUT2D eigenvalue weighted by Crippen LogP contribution is -2.43. The Hall–Kier alpha value is -3.25. The molecule has 0 spiro atoms. The second kappa shape index (κ2) is 7.54. The average Bonchev–Trinajstić information content (AvgIpc) is 2.99. The predicted octanol–water partition coefficient (Wildman–Crippen LogP) is 4.23. The fourth-order valence-corrected chi connectivity index (χ4v) is 3.73. The Morgan fingerprint density at radius 1 is 1.10 bits per heavy atom. The van der Waals surface area contributed by atoms with Crippen LogP contribution in [0.25, 0.3) is 10.9 Å². The van der Waals surface area contributed by atoms with Crippen molar-refractivity contribution in [1.82, 2.24) is 9.88 Å². The van der Waals surface area contributed by atoms with Gasteiger partial charge in [0, 0.05) is 10.9 Å². The molecule has 1 atom stereocenters. The summed E-state index contributed by atoms with van der Waals surface area (Å²) in [6.07, 6.45) is 0. The smallest absolute Gasteiger partial charge is 0.329 e. The van der Waals surface area contributed by atoms with Crippen molar-refractivity contribution in [2.45, 2.75) is 33.4 Å². The van der Waals surface area contributed by atoms with E-state index in [1.807, 2.05) is 32.0 Å². The average molecular weight is 423 g/mol. The first-order chi connectivity index (χ1) is 14.3. The minimum atomic E-state index is -1.06. The number of benzene rings is 2. The van der Waals surface area contributed by atoms with E-state index >= 15 is 0 Å². The largest absolute Gasteiger partial charge is 0.459 e. The van der Waals surface area contributed by atoms with Crippen molar-refractivity contribution in [3.63, 3.8) is 0 Å². The molecule has 2 heterocycles. The maximum Gasteiger partial charge on any atom is 0.329 e. The second-order valence-electron chi connectivity index (χ2n) is 7.33. The minimum absolute atomic E-state index is 0.110. The molecule has 3 aromatic rings. The fraction of sp³-hybridized carbons (Fsp3) is 0.217. The van der Waals surface area contributed by atoms with E-state index in [0.717, 1.165) is 26.9 Å². The van der Waals surface area contributed by atoms with Crippen LogP contribution in [0.5, 0.6) is 0 Å². The Labute approximate surface area is 178 Å². The van der Waals surface area contributed by atoms with Crippen molar-refractivity contribution in [2.24, 2.45) is 0 Å². The van der Waals surface area contributed by atoms with Gasteiger partial charge in [0.15, 0.2) is 0 Å². The van der Waals surface area contributed by atoms with Crippen LogP contribution < -0.4 is 0 Å². The van der Waals surface area contributed by atoms with Crippen molar-refractivity contribution in [3.8, 4) is 0 Å². The van der Waals surface area contributed by atoms with Gasteiger partial charge in [-0.2, -0.15) is 0 Å². The summed E-state index contributed by atoms with van der Waals surface area (Å²) in [5, 5.41) is 1.14. The normalized spacial score (nSPS) is 14.2. The summed E-state index contributed by atoms with van der Waals surface area (Å²) in [6.45, 7) is 5.34. The fourth-order valence-electron chi connectivity index (χ4n) is 3.54. The molecule has 1 unspecified atom stereocenters. The number of carbonyl (C=O) groups is 3. The number of carbonyl (C=O) groups excluding carboxylic acids is 3. The number of halogens is 1. The molecule has 6 nitrogen and oxygen atoms in total. The minimum Gasteiger partial charge on any atom is -0.459 e.